The normalized spacial score (nSPS) is 11.5. The Labute approximate surface area is 147 Å². The van der Waals surface area contributed by atoms with E-state index < -0.39 is 7.40 Å². The van der Waals surface area contributed by atoms with Gasteiger partial charge in [0.15, 0.2) is 0 Å². The van der Waals surface area contributed by atoms with Gasteiger partial charge in [-0.3, -0.25) is 13.1 Å². The lowest BCUT2D eigenvalue weighted by Gasteiger charge is -2.03. The molecule has 0 saturated carbocycles. The summed E-state index contributed by atoms with van der Waals surface area (Å²) in [7, 11) is -2.93. The molecule has 0 bridgehead atoms. The Kier molecular flexibility index (Phi) is 5.02. The third kappa shape index (κ3) is 3.74. The highest BCUT2D eigenvalue weighted by Gasteiger charge is 2.24. The molecule has 26 heavy (non-hydrogen) atoms. The number of halogens is 2. The number of hydrogen-bond donors (Lipinski definition) is 2. The van der Waals surface area contributed by atoms with Gasteiger partial charge in [-0.25, -0.2) is 0 Å². The zero-order valence-electron chi connectivity index (χ0n) is 13.2. The molecule has 0 amide bonds. The number of aromatic hydroxyl groups is 2. The maximum absolute atomic E-state index is 13.4. The summed E-state index contributed by atoms with van der Waals surface area (Å²) in [5, 5.41) is 34.3. The second-order valence-electron chi connectivity index (χ2n) is 5.07. The number of phenolic OH excluding ortho intramolecular Hbond substituents is 2. The molecule has 0 atom stereocenters. The molecular formula is C16H12BF2N5O2. The second-order valence-corrected chi connectivity index (χ2v) is 5.07. The van der Waals surface area contributed by atoms with Crippen LogP contribution in [0.1, 0.15) is 0 Å². The molecule has 10 heteroatoms. The minimum atomic E-state index is -2.93. The number of rotatable bonds is 5. The van der Waals surface area contributed by atoms with Gasteiger partial charge in [0, 0.05) is 0 Å². The molecular weight excluding hydrogens is 343 g/mol. The van der Waals surface area contributed by atoms with E-state index in [-0.39, 0.29) is 34.5 Å². The number of azo groups is 2. The van der Waals surface area contributed by atoms with Crippen LogP contribution in [0.3, 0.4) is 0 Å². The van der Waals surface area contributed by atoms with Crippen LogP contribution >= 0.6 is 0 Å². The van der Waals surface area contributed by atoms with Gasteiger partial charge in [0.1, 0.15) is 34.5 Å². The van der Waals surface area contributed by atoms with E-state index in [9.17, 15) is 18.8 Å². The van der Waals surface area contributed by atoms with Crippen molar-refractivity contribution in [3.8, 4) is 11.5 Å². The number of para-hydroxylation sites is 2. The van der Waals surface area contributed by atoms with Gasteiger partial charge in [-0.1, -0.05) is 24.3 Å². The molecule has 1 aromatic heterocycles. The molecule has 2 N–H and O–H groups in total. The van der Waals surface area contributed by atoms with Crippen molar-refractivity contribution in [1.82, 2.24) is 4.48 Å². The van der Waals surface area contributed by atoms with Crippen molar-refractivity contribution >= 4 is 30.4 Å². The summed E-state index contributed by atoms with van der Waals surface area (Å²) in [5.41, 5.74) is 0.291. The first-order valence-corrected chi connectivity index (χ1v) is 7.45. The second kappa shape index (κ2) is 7.56. The lowest BCUT2D eigenvalue weighted by Crippen LogP contribution is -2.11. The minimum Gasteiger partial charge on any atom is -0.506 e. The summed E-state index contributed by atoms with van der Waals surface area (Å²) in [6, 6.07) is 14.9. The van der Waals surface area contributed by atoms with Gasteiger partial charge in [-0.05, 0) is 36.4 Å². The fourth-order valence-corrected chi connectivity index (χ4v) is 2.10. The van der Waals surface area contributed by atoms with Crippen molar-refractivity contribution in [1.29, 1.82) is 0 Å². The smallest absolute Gasteiger partial charge is 0.506 e. The molecule has 0 aliphatic rings. The third-order valence-corrected chi connectivity index (χ3v) is 3.35. The topological polar surface area (TPSA) is 94.8 Å². The highest BCUT2D eigenvalue weighted by Crippen LogP contribution is 2.32. The summed E-state index contributed by atoms with van der Waals surface area (Å²) >= 11 is 0. The van der Waals surface area contributed by atoms with E-state index in [2.05, 4.69) is 20.5 Å². The van der Waals surface area contributed by atoms with Crippen LogP contribution in [-0.2, 0) is 0 Å². The van der Waals surface area contributed by atoms with Crippen LogP contribution in [-0.4, -0.2) is 22.1 Å². The summed E-state index contributed by atoms with van der Waals surface area (Å²) in [6.07, 6.45) is 0. The largest absolute Gasteiger partial charge is 0.680 e. The van der Waals surface area contributed by atoms with E-state index in [0.29, 0.717) is 4.48 Å². The van der Waals surface area contributed by atoms with Gasteiger partial charge >= 0.3 is 7.40 Å². The molecule has 0 radical (unpaired) electrons. The average Bonchev–Trinajstić information content (AvgIpc) is 3.03. The monoisotopic (exact) mass is 355 g/mol. The highest BCUT2D eigenvalue weighted by molar-refractivity contribution is 6.42. The molecule has 0 aliphatic carbocycles. The van der Waals surface area contributed by atoms with Crippen molar-refractivity contribution in [3.63, 3.8) is 0 Å². The molecule has 0 unspecified atom stereocenters. The van der Waals surface area contributed by atoms with Crippen LogP contribution in [0.4, 0.5) is 31.6 Å². The molecule has 0 fully saturated rings. The summed E-state index contributed by atoms with van der Waals surface area (Å²) < 4.78 is 27.3. The Morgan fingerprint density at radius 2 is 1.08 bits per heavy atom. The average molecular weight is 355 g/mol. The van der Waals surface area contributed by atoms with E-state index in [4.69, 9.17) is 0 Å². The Morgan fingerprint density at radius 1 is 0.654 bits per heavy atom. The Bertz CT molecular complexity index is 902. The van der Waals surface area contributed by atoms with Crippen molar-refractivity contribution in [2.45, 2.75) is 0 Å². The first-order chi connectivity index (χ1) is 12.6. The van der Waals surface area contributed by atoms with Gasteiger partial charge in [0.05, 0.1) is 0 Å². The fourth-order valence-electron chi connectivity index (χ4n) is 2.10. The van der Waals surface area contributed by atoms with E-state index in [1.165, 1.54) is 36.4 Å². The Balaban J connectivity index is 1.92. The SMILES string of the molecule is Oc1ccccc1N=Nc1ccc(N=Nc2ccccc2O)n1B(F)F. The first-order valence-electron chi connectivity index (χ1n) is 7.45. The van der Waals surface area contributed by atoms with Crippen LogP contribution < -0.4 is 0 Å². The molecule has 2 aromatic carbocycles. The standard InChI is InChI=1S/C16H12BF2N5O2/c18-17(19)24-15(22-20-11-5-1-3-7-13(11)25)9-10-16(24)23-21-12-6-2-4-8-14(12)26/h1-10,25-26H. The molecule has 130 valence electrons. The van der Waals surface area contributed by atoms with Crippen molar-refractivity contribution in [2.24, 2.45) is 20.5 Å². The van der Waals surface area contributed by atoms with Crippen LogP contribution in [0.15, 0.2) is 81.1 Å². The maximum atomic E-state index is 13.4. The molecule has 7 nitrogen and oxygen atoms in total. The van der Waals surface area contributed by atoms with Gasteiger partial charge in [-0.15, -0.1) is 20.5 Å². The number of aromatic nitrogens is 1. The molecule has 0 aliphatic heterocycles. The van der Waals surface area contributed by atoms with E-state index in [1.807, 2.05) is 0 Å². The zero-order valence-corrected chi connectivity index (χ0v) is 13.2. The van der Waals surface area contributed by atoms with Crippen molar-refractivity contribution in [3.05, 3.63) is 60.7 Å². The minimum absolute atomic E-state index is 0.120. The molecule has 1 heterocycles. The number of nitrogens with zero attached hydrogens (tertiary/aromatic N) is 5. The fraction of sp³-hybridized carbons (Fsp3) is 0. The maximum Gasteiger partial charge on any atom is 0.680 e. The van der Waals surface area contributed by atoms with Crippen molar-refractivity contribution in [2.75, 3.05) is 0 Å². The Hall–Kier alpha value is -3.56. The van der Waals surface area contributed by atoms with Crippen LogP contribution in [0, 0.1) is 0 Å². The van der Waals surface area contributed by atoms with Gasteiger partial charge in [0.2, 0.25) is 0 Å². The molecule has 3 aromatic rings. The highest BCUT2D eigenvalue weighted by atomic mass is 19.2. The van der Waals surface area contributed by atoms with E-state index >= 15 is 0 Å². The zero-order chi connectivity index (χ0) is 18.5. The summed E-state index contributed by atoms with van der Waals surface area (Å²) in [5.74, 6) is -0.555. The van der Waals surface area contributed by atoms with Crippen LogP contribution in [0.5, 0.6) is 11.5 Å². The van der Waals surface area contributed by atoms with Crippen molar-refractivity contribution < 1.29 is 18.8 Å². The summed E-state index contributed by atoms with van der Waals surface area (Å²) in [6.45, 7) is 0. The lowest BCUT2D eigenvalue weighted by molar-refractivity contribution is 0.476. The van der Waals surface area contributed by atoms with E-state index in [0.717, 1.165) is 0 Å². The predicted molar refractivity (Wildman–Crippen MR) is 92.4 cm³/mol. The number of hydrogen-bond acceptors (Lipinski definition) is 6. The quantitative estimate of drug-likeness (QED) is 0.467. The van der Waals surface area contributed by atoms with Crippen LogP contribution in [0.25, 0.3) is 0 Å². The molecule has 0 saturated heterocycles. The first kappa shape index (κ1) is 17.3. The van der Waals surface area contributed by atoms with Crippen LogP contribution in [0.2, 0.25) is 0 Å². The van der Waals surface area contributed by atoms with Gasteiger partial charge in [0.25, 0.3) is 0 Å². The van der Waals surface area contributed by atoms with Gasteiger partial charge in [-0.2, -0.15) is 0 Å². The molecule has 0 spiro atoms. The van der Waals surface area contributed by atoms with E-state index in [1.54, 1.807) is 24.3 Å². The number of benzene rings is 2. The lowest BCUT2D eigenvalue weighted by atomic mass is 10.2. The van der Waals surface area contributed by atoms with Gasteiger partial charge < -0.3 is 10.2 Å². The number of phenols is 2. The predicted octanol–water partition coefficient (Wildman–Crippen LogP) is 5.50. The third-order valence-electron chi connectivity index (χ3n) is 3.35. The molecule has 3 rings (SSSR count). The summed E-state index contributed by atoms with van der Waals surface area (Å²) in [4.78, 5) is 0. The Morgan fingerprint density at radius 3 is 1.46 bits per heavy atom.